The number of carbonyl (C=O) groups excluding carboxylic acids is 1. The number of piperidine rings is 1. The largest absolute Gasteiger partial charge is 0.379 e. The first-order valence-electron chi connectivity index (χ1n) is 11.7. The van der Waals surface area contributed by atoms with Crippen molar-refractivity contribution in [3.05, 3.63) is 71.3 Å². The molecule has 2 heterocycles. The molecule has 2 aliphatic rings. The van der Waals surface area contributed by atoms with Crippen LogP contribution in [0.15, 0.2) is 54.6 Å². The summed E-state index contributed by atoms with van der Waals surface area (Å²) in [6.07, 6.45) is 4.16. The van der Waals surface area contributed by atoms with Gasteiger partial charge in [0, 0.05) is 39.3 Å². The monoisotopic (exact) mass is 421 g/mol. The highest BCUT2D eigenvalue weighted by molar-refractivity contribution is 5.74. The van der Waals surface area contributed by atoms with E-state index in [-0.39, 0.29) is 6.03 Å². The van der Waals surface area contributed by atoms with E-state index in [9.17, 15) is 4.79 Å². The molecule has 2 aliphatic heterocycles. The second kappa shape index (κ2) is 11.3. The number of hydrogen-bond donors (Lipinski definition) is 1. The molecule has 2 amide bonds. The van der Waals surface area contributed by atoms with Crippen molar-refractivity contribution in [2.75, 3.05) is 45.9 Å². The van der Waals surface area contributed by atoms with Crippen molar-refractivity contribution in [3.8, 4) is 0 Å². The van der Waals surface area contributed by atoms with Crippen molar-refractivity contribution in [3.63, 3.8) is 0 Å². The molecule has 2 aromatic rings. The fraction of sp³-hybridized carbons (Fsp3) is 0.500. The van der Waals surface area contributed by atoms with Gasteiger partial charge in [0.05, 0.1) is 13.2 Å². The van der Waals surface area contributed by atoms with Gasteiger partial charge >= 0.3 is 6.03 Å². The van der Waals surface area contributed by atoms with Crippen molar-refractivity contribution >= 4 is 6.03 Å². The van der Waals surface area contributed by atoms with Crippen LogP contribution in [-0.4, -0.2) is 61.8 Å². The van der Waals surface area contributed by atoms with Crippen LogP contribution >= 0.6 is 0 Å². The van der Waals surface area contributed by atoms with Crippen molar-refractivity contribution in [1.29, 1.82) is 0 Å². The first-order chi connectivity index (χ1) is 15.3. The first kappa shape index (κ1) is 21.8. The Balaban J connectivity index is 1.15. The molecule has 2 saturated heterocycles. The van der Waals surface area contributed by atoms with Gasteiger partial charge in [0.2, 0.25) is 0 Å². The third-order valence-electron chi connectivity index (χ3n) is 6.49. The van der Waals surface area contributed by atoms with Gasteiger partial charge in [-0.2, -0.15) is 0 Å². The zero-order valence-electron chi connectivity index (χ0n) is 18.5. The summed E-state index contributed by atoms with van der Waals surface area (Å²) in [4.78, 5) is 16.9. The number of morpholine rings is 1. The molecule has 5 nitrogen and oxygen atoms in total. The minimum absolute atomic E-state index is 0.0850. The Morgan fingerprint density at radius 1 is 0.871 bits per heavy atom. The molecule has 5 heteroatoms. The molecule has 166 valence electrons. The Bertz CT molecular complexity index is 795. The van der Waals surface area contributed by atoms with Gasteiger partial charge in [-0.15, -0.1) is 0 Å². The maximum Gasteiger partial charge on any atom is 0.317 e. The number of nitrogens with one attached hydrogen (secondary N) is 1. The third kappa shape index (κ3) is 6.81. The molecule has 0 radical (unpaired) electrons. The molecule has 0 aliphatic carbocycles. The Hall–Kier alpha value is -2.37. The summed E-state index contributed by atoms with van der Waals surface area (Å²) < 4.78 is 5.43. The van der Waals surface area contributed by atoms with Crippen molar-refractivity contribution in [2.45, 2.75) is 32.2 Å². The summed E-state index contributed by atoms with van der Waals surface area (Å²) in [5.41, 5.74) is 4.06. The summed E-state index contributed by atoms with van der Waals surface area (Å²) in [5, 5.41) is 3.08. The molecule has 0 spiro atoms. The van der Waals surface area contributed by atoms with E-state index >= 15 is 0 Å². The van der Waals surface area contributed by atoms with Gasteiger partial charge in [0.25, 0.3) is 0 Å². The average Bonchev–Trinajstić information content (AvgIpc) is 2.82. The molecular formula is C26H35N3O2. The van der Waals surface area contributed by atoms with Gasteiger partial charge in [0.15, 0.2) is 0 Å². The highest BCUT2D eigenvalue weighted by atomic mass is 16.5. The molecule has 0 bridgehead atoms. The van der Waals surface area contributed by atoms with E-state index in [1.165, 1.54) is 16.7 Å². The van der Waals surface area contributed by atoms with E-state index in [1.54, 1.807) is 0 Å². The summed E-state index contributed by atoms with van der Waals surface area (Å²) in [6, 6.07) is 19.5. The lowest BCUT2D eigenvalue weighted by atomic mass is 9.90. The summed E-state index contributed by atoms with van der Waals surface area (Å²) in [7, 11) is 0. The Morgan fingerprint density at radius 2 is 1.55 bits per heavy atom. The summed E-state index contributed by atoms with van der Waals surface area (Å²) >= 11 is 0. The number of hydrogen-bond acceptors (Lipinski definition) is 3. The van der Waals surface area contributed by atoms with Crippen molar-refractivity contribution in [2.24, 2.45) is 5.92 Å². The average molecular weight is 422 g/mol. The number of urea groups is 1. The highest BCUT2D eigenvalue weighted by Crippen LogP contribution is 2.22. The lowest BCUT2D eigenvalue weighted by Crippen LogP contribution is -2.45. The molecule has 4 rings (SSSR count). The summed E-state index contributed by atoms with van der Waals surface area (Å²) in [5.74, 6) is 0.665. The van der Waals surface area contributed by atoms with Gasteiger partial charge in [-0.25, -0.2) is 4.79 Å². The molecule has 2 fully saturated rings. The zero-order valence-corrected chi connectivity index (χ0v) is 18.5. The minimum Gasteiger partial charge on any atom is -0.379 e. The number of likely N-dealkylation sites (tertiary alicyclic amines) is 1. The van der Waals surface area contributed by atoms with Crippen molar-refractivity contribution in [1.82, 2.24) is 15.1 Å². The molecule has 0 unspecified atom stereocenters. The lowest BCUT2D eigenvalue weighted by Gasteiger charge is -2.32. The molecule has 0 saturated carbocycles. The van der Waals surface area contributed by atoms with Crippen LogP contribution in [0, 0.1) is 5.92 Å². The normalized spacial score (nSPS) is 18.1. The standard InChI is InChI=1S/C26H35N3O2/c30-26(27-13-10-22-4-2-1-3-5-22)29-14-11-24(12-15-29)20-23-6-8-25(9-7-23)21-28-16-18-31-19-17-28/h1-9,24H,10-21H2,(H,27,30). The number of amides is 2. The predicted molar refractivity (Wildman–Crippen MR) is 124 cm³/mol. The number of rotatable bonds is 7. The van der Waals surface area contributed by atoms with Crippen LogP contribution in [0.5, 0.6) is 0 Å². The number of carbonyl (C=O) groups is 1. The van der Waals surface area contributed by atoms with Crippen LogP contribution in [-0.2, 0) is 24.1 Å². The number of benzene rings is 2. The van der Waals surface area contributed by atoms with E-state index < -0.39 is 0 Å². The molecule has 0 aromatic heterocycles. The Labute approximate surface area is 186 Å². The second-order valence-electron chi connectivity index (χ2n) is 8.81. The van der Waals surface area contributed by atoms with Crippen LogP contribution in [0.4, 0.5) is 4.79 Å². The quantitative estimate of drug-likeness (QED) is 0.741. The van der Waals surface area contributed by atoms with Gasteiger partial charge in [0.1, 0.15) is 0 Å². The van der Waals surface area contributed by atoms with E-state index in [4.69, 9.17) is 4.74 Å². The molecule has 2 aromatic carbocycles. The van der Waals surface area contributed by atoms with E-state index in [0.29, 0.717) is 12.5 Å². The van der Waals surface area contributed by atoms with Crippen LogP contribution in [0.1, 0.15) is 29.5 Å². The van der Waals surface area contributed by atoms with Crippen molar-refractivity contribution < 1.29 is 9.53 Å². The fourth-order valence-electron chi connectivity index (χ4n) is 4.54. The molecule has 31 heavy (non-hydrogen) atoms. The maximum absolute atomic E-state index is 12.5. The van der Waals surface area contributed by atoms with Gasteiger partial charge < -0.3 is 15.0 Å². The second-order valence-corrected chi connectivity index (χ2v) is 8.81. The molecular weight excluding hydrogens is 386 g/mol. The Morgan fingerprint density at radius 3 is 2.26 bits per heavy atom. The molecule has 1 N–H and O–H groups in total. The van der Waals surface area contributed by atoms with Crippen LogP contribution in [0.3, 0.4) is 0 Å². The third-order valence-corrected chi connectivity index (χ3v) is 6.49. The SMILES string of the molecule is O=C(NCCc1ccccc1)N1CCC(Cc2ccc(CN3CCOCC3)cc2)CC1. The van der Waals surface area contributed by atoms with E-state index in [1.807, 2.05) is 23.1 Å². The van der Waals surface area contributed by atoms with E-state index in [2.05, 4.69) is 46.6 Å². The van der Waals surface area contributed by atoms with E-state index in [0.717, 1.165) is 71.6 Å². The summed E-state index contributed by atoms with van der Waals surface area (Å²) in [6.45, 7) is 7.18. The number of ether oxygens (including phenoxy) is 1. The highest BCUT2D eigenvalue weighted by Gasteiger charge is 2.22. The van der Waals surface area contributed by atoms with Crippen LogP contribution in [0.25, 0.3) is 0 Å². The van der Waals surface area contributed by atoms with Gasteiger partial charge in [-0.1, -0.05) is 54.6 Å². The van der Waals surface area contributed by atoms with Gasteiger partial charge in [-0.3, -0.25) is 4.90 Å². The van der Waals surface area contributed by atoms with Crippen LogP contribution < -0.4 is 5.32 Å². The van der Waals surface area contributed by atoms with Crippen LogP contribution in [0.2, 0.25) is 0 Å². The number of nitrogens with zero attached hydrogens (tertiary/aromatic N) is 2. The predicted octanol–water partition coefficient (Wildman–Crippen LogP) is 3.73. The Kier molecular flexibility index (Phi) is 7.97. The molecule has 0 atom stereocenters. The first-order valence-corrected chi connectivity index (χ1v) is 11.7. The fourth-order valence-corrected chi connectivity index (χ4v) is 4.54. The smallest absolute Gasteiger partial charge is 0.317 e. The van der Waals surface area contributed by atoms with Gasteiger partial charge in [-0.05, 0) is 48.3 Å². The topological polar surface area (TPSA) is 44.8 Å². The minimum atomic E-state index is 0.0850. The lowest BCUT2D eigenvalue weighted by molar-refractivity contribution is 0.0342. The zero-order chi connectivity index (χ0) is 21.3. The maximum atomic E-state index is 12.5.